The Bertz CT molecular complexity index is 3040. The second-order valence-corrected chi connectivity index (χ2v) is 17.4. The van der Waals surface area contributed by atoms with Crippen molar-refractivity contribution in [3.63, 3.8) is 0 Å². The maximum atomic E-state index is 12.2. The molecular weight excluding hydrogens is 777 g/mol. The fourth-order valence-corrected chi connectivity index (χ4v) is 9.23. The normalized spacial score (nSPS) is 12.9. The standard InChI is InChI=1S/C57H50N2O4/c1-35-31-45(55(60)51(33-35)58-47-25-13-7-19-39(47)40-20-8-14-26-48(40)58)43-23-11-17-29-53(43)62-37(3)57(5,6)38(4)63-54-30-18-12-24-44(54)46-32-36(2)34-52(56(46)61)59-49-27-15-9-21-41(49)42-22-10-16-28-50(42)59/h7-34,37-38,60-61H,1-6H3/t37-,38-/m0/s1. The van der Waals surface area contributed by atoms with Gasteiger partial charge in [0.05, 0.1) is 33.4 Å². The van der Waals surface area contributed by atoms with Crippen molar-refractivity contribution in [3.8, 4) is 56.6 Å². The molecule has 2 heterocycles. The van der Waals surface area contributed by atoms with Crippen molar-refractivity contribution in [3.05, 3.63) is 181 Å². The van der Waals surface area contributed by atoms with Crippen molar-refractivity contribution >= 4 is 43.6 Å². The maximum absolute atomic E-state index is 12.2. The Morgan fingerprint density at radius 1 is 0.413 bits per heavy atom. The third-order valence-corrected chi connectivity index (χ3v) is 13.2. The molecule has 312 valence electrons. The Morgan fingerprint density at radius 3 is 1.06 bits per heavy atom. The molecule has 6 nitrogen and oxygen atoms in total. The molecule has 0 aliphatic carbocycles. The van der Waals surface area contributed by atoms with E-state index in [0.717, 1.165) is 65.9 Å². The number of benzene rings is 8. The summed E-state index contributed by atoms with van der Waals surface area (Å²) in [5, 5.41) is 29.0. The molecule has 2 aromatic heterocycles. The lowest BCUT2D eigenvalue weighted by Gasteiger charge is -2.38. The predicted molar refractivity (Wildman–Crippen MR) is 259 cm³/mol. The third kappa shape index (κ3) is 6.65. The highest BCUT2D eigenvalue weighted by Crippen LogP contribution is 2.46. The van der Waals surface area contributed by atoms with Crippen molar-refractivity contribution in [2.75, 3.05) is 0 Å². The molecule has 63 heavy (non-hydrogen) atoms. The first-order chi connectivity index (χ1) is 30.5. The monoisotopic (exact) mass is 826 g/mol. The van der Waals surface area contributed by atoms with Crippen LogP contribution in [0.5, 0.6) is 23.0 Å². The number of aryl methyl sites for hydroxylation is 2. The molecule has 0 radical (unpaired) electrons. The first-order valence-electron chi connectivity index (χ1n) is 21.7. The quantitative estimate of drug-likeness (QED) is 0.144. The number of aromatic hydroxyl groups is 2. The highest BCUT2D eigenvalue weighted by molar-refractivity contribution is 6.10. The van der Waals surface area contributed by atoms with Crippen LogP contribution >= 0.6 is 0 Å². The van der Waals surface area contributed by atoms with Gasteiger partial charge in [-0.1, -0.05) is 123 Å². The zero-order valence-electron chi connectivity index (χ0n) is 36.4. The molecule has 0 spiro atoms. The molecule has 8 aromatic carbocycles. The van der Waals surface area contributed by atoms with Gasteiger partial charge in [-0.3, -0.25) is 0 Å². The SMILES string of the molecule is Cc1cc(-c2ccccc2O[C@@H](C)C(C)(C)[C@H](C)Oc2ccccc2-c2cc(C)cc(-n3c4ccccc4c4ccccc43)c2O)c(O)c(-n2c3ccccc3c3ccccc32)c1. The fourth-order valence-electron chi connectivity index (χ4n) is 9.23. The minimum absolute atomic E-state index is 0.184. The number of phenols is 2. The molecule has 2 atom stereocenters. The summed E-state index contributed by atoms with van der Waals surface area (Å²) in [6.07, 6.45) is -0.641. The van der Waals surface area contributed by atoms with Gasteiger partial charge in [-0.25, -0.2) is 0 Å². The average Bonchev–Trinajstić information content (AvgIpc) is 3.81. The zero-order valence-corrected chi connectivity index (χ0v) is 36.4. The van der Waals surface area contributed by atoms with Gasteiger partial charge >= 0.3 is 0 Å². The van der Waals surface area contributed by atoms with E-state index >= 15 is 0 Å². The first kappa shape index (κ1) is 39.7. The van der Waals surface area contributed by atoms with Crippen LogP contribution in [0.4, 0.5) is 0 Å². The van der Waals surface area contributed by atoms with Gasteiger partial charge in [0.2, 0.25) is 0 Å². The lowest BCUT2D eigenvalue weighted by Crippen LogP contribution is -2.43. The van der Waals surface area contributed by atoms with Crippen LogP contribution in [0, 0.1) is 19.3 Å². The van der Waals surface area contributed by atoms with Crippen molar-refractivity contribution in [1.82, 2.24) is 9.13 Å². The van der Waals surface area contributed by atoms with Gasteiger partial charge in [0.25, 0.3) is 0 Å². The Kier molecular flexibility index (Phi) is 9.75. The van der Waals surface area contributed by atoms with Gasteiger partial charge in [-0.05, 0) is 99.5 Å². The number of ether oxygens (including phenoxy) is 2. The minimum Gasteiger partial charge on any atom is -0.505 e. The van der Waals surface area contributed by atoms with Gasteiger partial charge in [-0.2, -0.15) is 0 Å². The van der Waals surface area contributed by atoms with Crippen LogP contribution in [0.15, 0.2) is 170 Å². The summed E-state index contributed by atoms with van der Waals surface area (Å²) in [5.41, 5.74) is 10.1. The summed E-state index contributed by atoms with van der Waals surface area (Å²) in [6.45, 7) is 12.6. The van der Waals surface area contributed by atoms with E-state index in [1.165, 1.54) is 0 Å². The molecule has 0 unspecified atom stereocenters. The topological polar surface area (TPSA) is 68.8 Å². The summed E-state index contributed by atoms with van der Waals surface area (Å²) in [5.74, 6) is 1.71. The fraction of sp³-hybridized carbons (Fsp3) is 0.158. The molecular formula is C57H50N2O4. The molecule has 0 amide bonds. The maximum Gasteiger partial charge on any atom is 0.147 e. The first-order valence-corrected chi connectivity index (χ1v) is 21.7. The number of aromatic nitrogens is 2. The summed E-state index contributed by atoms with van der Waals surface area (Å²) in [6, 6.07) is 57.3. The predicted octanol–water partition coefficient (Wildman–Crippen LogP) is 14.5. The Hall–Kier alpha value is -7.44. The van der Waals surface area contributed by atoms with Crippen LogP contribution in [0.2, 0.25) is 0 Å². The molecule has 10 aromatic rings. The Balaban J connectivity index is 0.969. The molecule has 0 saturated carbocycles. The summed E-state index contributed by atoms with van der Waals surface area (Å²) in [4.78, 5) is 0. The number of nitrogens with zero attached hydrogens (tertiary/aromatic N) is 2. The molecule has 0 saturated heterocycles. The second-order valence-electron chi connectivity index (χ2n) is 17.4. The van der Waals surface area contributed by atoms with Crippen molar-refractivity contribution in [2.45, 2.75) is 53.8 Å². The van der Waals surface area contributed by atoms with E-state index in [1.807, 2.05) is 97.1 Å². The van der Waals surface area contributed by atoms with Crippen LogP contribution in [0.3, 0.4) is 0 Å². The Labute approximate surface area is 367 Å². The summed E-state index contributed by atoms with van der Waals surface area (Å²) < 4.78 is 18.2. The van der Waals surface area contributed by atoms with Crippen molar-refractivity contribution in [2.24, 2.45) is 5.41 Å². The molecule has 0 fully saturated rings. The summed E-state index contributed by atoms with van der Waals surface area (Å²) >= 11 is 0. The highest BCUT2D eigenvalue weighted by atomic mass is 16.5. The van der Waals surface area contributed by atoms with E-state index in [0.29, 0.717) is 34.0 Å². The largest absolute Gasteiger partial charge is 0.505 e. The smallest absolute Gasteiger partial charge is 0.147 e. The van der Waals surface area contributed by atoms with Gasteiger partial charge in [0, 0.05) is 49.2 Å². The average molecular weight is 827 g/mol. The van der Waals surface area contributed by atoms with E-state index in [9.17, 15) is 10.2 Å². The molecule has 6 heteroatoms. The van der Waals surface area contributed by atoms with E-state index in [1.54, 1.807) is 0 Å². The van der Waals surface area contributed by atoms with Crippen LogP contribution in [0.25, 0.3) is 77.2 Å². The molecule has 2 N–H and O–H groups in total. The number of hydrogen-bond acceptors (Lipinski definition) is 4. The lowest BCUT2D eigenvalue weighted by atomic mass is 9.82. The van der Waals surface area contributed by atoms with Gasteiger partial charge in [0.1, 0.15) is 35.2 Å². The van der Waals surface area contributed by atoms with Gasteiger partial charge in [0.15, 0.2) is 0 Å². The highest BCUT2D eigenvalue weighted by Gasteiger charge is 2.37. The van der Waals surface area contributed by atoms with Gasteiger partial charge < -0.3 is 28.8 Å². The van der Waals surface area contributed by atoms with E-state index in [4.69, 9.17) is 9.47 Å². The van der Waals surface area contributed by atoms with Gasteiger partial charge in [-0.15, -0.1) is 0 Å². The van der Waals surface area contributed by atoms with E-state index in [2.05, 4.69) is 123 Å². The van der Waals surface area contributed by atoms with Crippen LogP contribution in [-0.4, -0.2) is 31.6 Å². The number of para-hydroxylation sites is 6. The summed E-state index contributed by atoms with van der Waals surface area (Å²) in [7, 11) is 0. The van der Waals surface area contributed by atoms with Crippen LogP contribution in [0.1, 0.15) is 38.8 Å². The Morgan fingerprint density at radius 2 is 0.714 bits per heavy atom. The second kappa shape index (κ2) is 15.5. The number of phenolic OH excluding ortho intramolecular Hbond substituents is 2. The molecule has 10 rings (SSSR count). The number of fused-ring (bicyclic) bond motifs is 6. The van der Waals surface area contributed by atoms with Crippen molar-refractivity contribution in [1.29, 1.82) is 0 Å². The molecule has 0 aliphatic heterocycles. The zero-order chi connectivity index (χ0) is 43.6. The van der Waals surface area contributed by atoms with E-state index in [-0.39, 0.29) is 23.7 Å². The van der Waals surface area contributed by atoms with Crippen LogP contribution in [-0.2, 0) is 0 Å². The number of hydrogen-bond donors (Lipinski definition) is 2. The minimum atomic E-state index is -0.508. The third-order valence-electron chi connectivity index (χ3n) is 13.2. The van der Waals surface area contributed by atoms with Crippen LogP contribution < -0.4 is 9.47 Å². The van der Waals surface area contributed by atoms with Crippen molar-refractivity contribution < 1.29 is 19.7 Å². The lowest BCUT2D eigenvalue weighted by molar-refractivity contribution is -0.00280. The number of rotatable bonds is 10. The van der Waals surface area contributed by atoms with E-state index < -0.39 is 5.41 Å². The molecule has 0 aliphatic rings. The molecule has 0 bridgehead atoms.